The summed E-state index contributed by atoms with van der Waals surface area (Å²) in [5.41, 5.74) is -0.0230. The molecule has 0 saturated heterocycles. The number of hydrogen-bond donors (Lipinski definition) is 0. The van der Waals surface area contributed by atoms with E-state index >= 15 is 0 Å². The highest BCUT2D eigenvalue weighted by molar-refractivity contribution is 7.09. The molecule has 1 amide bonds. The molecule has 3 rings (SSSR count). The molecule has 110 valence electrons. The summed E-state index contributed by atoms with van der Waals surface area (Å²) in [4.78, 5) is 18.6. The van der Waals surface area contributed by atoms with Crippen molar-refractivity contribution in [2.75, 3.05) is 6.54 Å². The Morgan fingerprint density at radius 3 is 2.90 bits per heavy atom. The molecule has 1 aromatic heterocycles. The molecule has 0 atom stereocenters. The number of thiazole rings is 1. The normalized spacial score (nSPS) is 14.2. The maximum absolute atomic E-state index is 13.9. The van der Waals surface area contributed by atoms with E-state index in [1.807, 2.05) is 5.38 Å². The molecule has 1 fully saturated rings. The van der Waals surface area contributed by atoms with Crippen molar-refractivity contribution in [1.29, 1.82) is 0 Å². The van der Waals surface area contributed by atoms with Crippen LogP contribution in [0.3, 0.4) is 0 Å². The van der Waals surface area contributed by atoms with Gasteiger partial charge in [0.25, 0.3) is 5.91 Å². The minimum absolute atomic E-state index is 0.0230. The third-order valence-corrected chi connectivity index (χ3v) is 4.63. The van der Waals surface area contributed by atoms with Crippen molar-refractivity contribution in [2.24, 2.45) is 0 Å². The SMILES string of the molecule is O=C(c1c(F)cccc1Cl)N(CCc1nccs1)C1CC1. The van der Waals surface area contributed by atoms with E-state index in [0.29, 0.717) is 13.0 Å². The van der Waals surface area contributed by atoms with E-state index < -0.39 is 5.82 Å². The number of nitrogens with zero attached hydrogens (tertiary/aromatic N) is 2. The number of amides is 1. The molecule has 3 nitrogen and oxygen atoms in total. The van der Waals surface area contributed by atoms with Gasteiger partial charge in [-0.2, -0.15) is 0 Å². The molecular formula is C15H14ClFN2OS. The number of carbonyl (C=O) groups is 1. The zero-order chi connectivity index (χ0) is 14.8. The molecule has 2 aromatic rings. The lowest BCUT2D eigenvalue weighted by Crippen LogP contribution is -2.35. The highest BCUT2D eigenvalue weighted by Gasteiger charge is 2.34. The largest absolute Gasteiger partial charge is 0.335 e. The summed E-state index contributed by atoms with van der Waals surface area (Å²) in [5.74, 6) is -0.885. The van der Waals surface area contributed by atoms with Gasteiger partial charge in [-0.05, 0) is 25.0 Å². The molecule has 1 heterocycles. The summed E-state index contributed by atoms with van der Waals surface area (Å²) in [7, 11) is 0. The van der Waals surface area contributed by atoms with E-state index in [9.17, 15) is 9.18 Å². The molecule has 0 unspecified atom stereocenters. The monoisotopic (exact) mass is 324 g/mol. The molecule has 21 heavy (non-hydrogen) atoms. The Kier molecular flexibility index (Phi) is 4.22. The van der Waals surface area contributed by atoms with Gasteiger partial charge in [-0.25, -0.2) is 9.37 Å². The first-order valence-corrected chi connectivity index (χ1v) is 8.06. The highest BCUT2D eigenvalue weighted by Crippen LogP contribution is 2.30. The highest BCUT2D eigenvalue weighted by atomic mass is 35.5. The average molecular weight is 325 g/mol. The van der Waals surface area contributed by atoms with Gasteiger partial charge in [-0.1, -0.05) is 17.7 Å². The van der Waals surface area contributed by atoms with Crippen LogP contribution in [0.1, 0.15) is 28.2 Å². The molecule has 0 bridgehead atoms. The van der Waals surface area contributed by atoms with Crippen LogP contribution in [-0.4, -0.2) is 28.4 Å². The van der Waals surface area contributed by atoms with Crippen LogP contribution in [0.4, 0.5) is 4.39 Å². The maximum Gasteiger partial charge on any atom is 0.258 e. The lowest BCUT2D eigenvalue weighted by Gasteiger charge is -2.22. The van der Waals surface area contributed by atoms with Crippen molar-refractivity contribution >= 4 is 28.8 Å². The van der Waals surface area contributed by atoms with E-state index in [1.165, 1.54) is 12.1 Å². The van der Waals surface area contributed by atoms with Crippen molar-refractivity contribution in [3.63, 3.8) is 0 Å². The van der Waals surface area contributed by atoms with E-state index in [0.717, 1.165) is 17.8 Å². The summed E-state index contributed by atoms with van der Waals surface area (Å²) in [5, 5.41) is 3.06. The molecule has 1 saturated carbocycles. The van der Waals surface area contributed by atoms with Crippen molar-refractivity contribution in [1.82, 2.24) is 9.88 Å². The van der Waals surface area contributed by atoms with Crippen LogP contribution < -0.4 is 0 Å². The molecule has 0 radical (unpaired) electrons. The molecule has 0 aliphatic heterocycles. The van der Waals surface area contributed by atoms with Crippen molar-refractivity contribution in [3.8, 4) is 0 Å². The Balaban J connectivity index is 1.79. The van der Waals surface area contributed by atoms with Gasteiger partial charge in [0.2, 0.25) is 0 Å². The van der Waals surface area contributed by atoms with Crippen molar-refractivity contribution < 1.29 is 9.18 Å². The van der Waals surface area contributed by atoms with Crippen LogP contribution in [0.2, 0.25) is 5.02 Å². The van der Waals surface area contributed by atoms with Crippen LogP contribution in [0, 0.1) is 5.82 Å². The van der Waals surface area contributed by atoms with Gasteiger partial charge >= 0.3 is 0 Å². The third kappa shape index (κ3) is 3.24. The predicted octanol–water partition coefficient (Wildman–Crippen LogP) is 3.78. The summed E-state index contributed by atoms with van der Waals surface area (Å²) >= 11 is 7.56. The van der Waals surface area contributed by atoms with E-state index in [1.54, 1.807) is 28.5 Å². The first kappa shape index (κ1) is 14.5. The Morgan fingerprint density at radius 2 is 2.29 bits per heavy atom. The topological polar surface area (TPSA) is 33.2 Å². The van der Waals surface area contributed by atoms with Gasteiger partial charge in [0, 0.05) is 30.6 Å². The number of hydrogen-bond acceptors (Lipinski definition) is 3. The fraction of sp³-hybridized carbons (Fsp3) is 0.333. The van der Waals surface area contributed by atoms with E-state index in [2.05, 4.69) is 4.98 Å². The summed E-state index contributed by atoms with van der Waals surface area (Å²) in [6.45, 7) is 0.543. The maximum atomic E-state index is 13.9. The minimum atomic E-state index is -0.563. The number of halogens is 2. The second-order valence-electron chi connectivity index (χ2n) is 5.00. The molecule has 6 heteroatoms. The van der Waals surface area contributed by atoms with Gasteiger partial charge in [-0.15, -0.1) is 11.3 Å². The summed E-state index contributed by atoms with van der Waals surface area (Å²) in [6, 6.07) is 4.52. The molecule has 1 aliphatic carbocycles. The van der Waals surface area contributed by atoms with E-state index in [4.69, 9.17) is 11.6 Å². The number of benzene rings is 1. The molecule has 0 N–H and O–H groups in total. The van der Waals surface area contributed by atoms with Gasteiger partial charge in [0.15, 0.2) is 0 Å². The van der Waals surface area contributed by atoms with Gasteiger partial charge < -0.3 is 4.90 Å². The van der Waals surface area contributed by atoms with Crippen LogP contribution in [0.15, 0.2) is 29.8 Å². The number of rotatable bonds is 5. The predicted molar refractivity (Wildman–Crippen MR) is 81.3 cm³/mol. The third-order valence-electron chi connectivity index (χ3n) is 3.48. The van der Waals surface area contributed by atoms with Gasteiger partial charge in [0.05, 0.1) is 15.6 Å². The number of carbonyl (C=O) groups excluding carboxylic acids is 1. The average Bonchev–Trinajstić information content (AvgIpc) is 3.14. The standard InChI is InChI=1S/C15H14ClFN2OS/c16-11-2-1-3-12(17)14(11)15(20)19(10-4-5-10)8-6-13-18-7-9-21-13/h1-3,7,9-10H,4-6,8H2. The lowest BCUT2D eigenvalue weighted by molar-refractivity contribution is 0.0740. The Bertz CT molecular complexity index is 623. The summed E-state index contributed by atoms with van der Waals surface area (Å²) < 4.78 is 13.9. The molecule has 1 aliphatic rings. The van der Waals surface area contributed by atoms with Crippen molar-refractivity contribution in [2.45, 2.75) is 25.3 Å². The molecular weight excluding hydrogens is 311 g/mol. The zero-order valence-electron chi connectivity index (χ0n) is 11.3. The van der Waals surface area contributed by atoms with Crippen LogP contribution >= 0.6 is 22.9 Å². The van der Waals surface area contributed by atoms with Gasteiger partial charge in [-0.3, -0.25) is 4.79 Å². The fourth-order valence-electron chi connectivity index (χ4n) is 2.27. The second kappa shape index (κ2) is 6.12. The quantitative estimate of drug-likeness (QED) is 0.838. The lowest BCUT2D eigenvalue weighted by atomic mass is 10.1. The second-order valence-corrected chi connectivity index (χ2v) is 6.39. The van der Waals surface area contributed by atoms with Crippen LogP contribution in [0.5, 0.6) is 0 Å². The van der Waals surface area contributed by atoms with Crippen molar-refractivity contribution in [3.05, 3.63) is 51.2 Å². The first-order chi connectivity index (χ1) is 10.2. The zero-order valence-corrected chi connectivity index (χ0v) is 12.8. The smallest absolute Gasteiger partial charge is 0.258 e. The fourth-order valence-corrected chi connectivity index (χ4v) is 3.13. The minimum Gasteiger partial charge on any atom is -0.335 e. The summed E-state index contributed by atoms with van der Waals surface area (Å²) in [6.07, 6.45) is 4.37. The Labute approximate surface area is 131 Å². The van der Waals surface area contributed by atoms with Gasteiger partial charge in [0.1, 0.15) is 5.82 Å². The van der Waals surface area contributed by atoms with Crippen LogP contribution in [0.25, 0.3) is 0 Å². The molecule has 1 aromatic carbocycles. The molecule has 0 spiro atoms. The Morgan fingerprint density at radius 1 is 1.48 bits per heavy atom. The Hall–Kier alpha value is -1.46. The first-order valence-electron chi connectivity index (χ1n) is 6.80. The number of aromatic nitrogens is 1. The van der Waals surface area contributed by atoms with Crippen LogP contribution in [-0.2, 0) is 6.42 Å². The van der Waals surface area contributed by atoms with E-state index in [-0.39, 0.29) is 22.5 Å².